The zero-order valence-corrected chi connectivity index (χ0v) is 8.76. The number of halogens is 2. The molecule has 0 saturated heterocycles. The van der Waals surface area contributed by atoms with Gasteiger partial charge in [0.15, 0.2) is 10.6 Å². The van der Waals surface area contributed by atoms with Gasteiger partial charge in [0.05, 0.1) is 6.04 Å². The van der Waals surface area contributed by atoms with Crippen LogP contribution in [0.1, 0.15) is 13.8 Å². The van der Waals surface area contributed by atoms with Crippen LogP contribution in [0.2, 0.25) is 0 Å². The molecule has 0 rings (SSSR count). The van der Waals surface area contributed by atoms with Crippen molar-refractivity contribution in [3.63, 3.8) is 0 Å². The number of Topliss-reactive ketones (excluding diaryl/α,β-unsaturated/α-hetero) is 1. The van der Waals surface area contributed by atoms with Gasteiger partial charge in [-0.3, -0.25) is 4.79 Å². The first-order chi connectivity index (χ1) is 5.86. The van der Waals surface area contributed by atoms with Gasteiger partial charge in [0.2, 0.25) is 0 Å². The Bertz CT molecular complexity index is 206. The second-order valence-corrected chi connectivity index (χ2v) is 3.97. The molecule has 0 aliphatic rings. The standard InChI is InChI=1S/C7H11Cl2NO3/c1-3(2)4(10-7(12)13)5(11)6(8)9/h3-4,6,10H,1-2H3,(H,12,13)/t4-/m0/s1. The van der Waals surface area contributed by atoms with Crippen LogP contribution in [0.3, 0.4) is 0 Å². The van der Waals surface area contributed by atoms with Crippen LogP contribution in [0.25, 0.3) is 0 Å². The molecule has 0 unspecified atom stereocenters. The highest BCUT2D eigenvalue weighted by atomic mass is 35.5. The van der Waals surface area contributed by atoms with E-state index in [0.29, 0.717) is 0 Å². The maximum atomic E-state index is 11.2. The van der Waals surface area contributed by atoms with E-state index in [-0.39, 0.29) is 5.92 Å². The lowest BCUT2D eigenvalue weighted by Crippen LogP contribution is -2.45. The highest BCUT2D eigenvalue weighted by molar-refractivity contribution is 6.54. The molecule has 2 N–H and O–H groups in total. The number of ketones is 1. The van der Waals surface area contributed by atoms with Crippen molar-refractivity contribution in [1.29, 1.82) is 0 Å². The van der Waals surface area contributed by atoms with E-state index in [2.05, 4.69) is 5.32 Å². The summed E-state index contributed by atoms with van der Waals surface area (Å²) in [6.45, 7) is 3.41. The molecule has 0 saturated carbocycles. The quantitative estimate of drug-likeness (QED) is 0.719. The molecule has 0 radical (unpaired) electrons. The van der Waals surface area contributed by atoms with Gasteiger partial charge < -0.3 is 10.4 Å². The lowest BCUT2D eigenvalue weighted by molar-refractivity contribution is -0.120. The maximum Gasteiger partial charge on any atom is 0.405 e. The summed E-state index contributed by atoms with van der Waals surface area (Å²) >= 11 is 10.7. The molecular formula is C7H11Cl2NO3. The van der Waals surface area contributed by atoms with Crippen LogP contribution in [0.4, 0.5) is 4.79 Å². The first kappa shape index (κ1) is 12.5. The van der Waals surface area contributed by atoms with Crippen LogP contribution in [-0.4, -0.2) is 27.9 Å². The largest absolute Gasteiger partial charge is 0.465 e. The van der Waals surface area contributed by atoms with Crippen molar-refractivity contribution < 1.29 is 14.7 Å². The number of nitrogens with one attached hydrogen (secondary N) is 1. The molecule has 1 amide bonds. The van der Waals surface area contributed by atoms with E-state index in [4.69, 9.17) is 28.3 Å². The van der Waals surface area contributed by atoms with Gasteiger partial charge in [0.25, 0.3) is 0 Å². The Kier molecular flexibility index (Phi) is 5.10. The Morgan fingerprint density at radius 2 is 1.77 bits per heavy atom. The Labute approximate surface area is 86.2 Å². The molecule has 4 nitrogen and oxygen atoms in total. The summed E-state index contributed by atoms with van der Waals surface area (Å²) in [5.41, 5.74) is 0. The van der Waals surface area contributed by atoms with E-state index in [0.717, 1.165) is 0 Å². The average Bonchev–Trinajstić information content (AvgIpc) is 1.97. The first-order valence-electron chi connectivity index (χ1n) is 3.67. The molecule has 0 aromatic carbocycles. The fraction of sp³-hybridized carbons (Fsp3) is 0.714. The summed E-state index contributed by atoms with van der Waals surface area (Å²) in [6, 6.07) is -0.850. The first-order valence-corrected chi connectivity index (χ1v) is 4.55. The normalized spacial score (nSPS) is 13.1. The zero-order chi connectivity index (χ0) is 10.6. The molecule has 0 bridgehead atoms. The van der Waals surface area contributed by atoms with E-state index in [1.807, 2.05) is 0 Å². The molecule has 0 aliphatic heterocycles. The van der Waals surface area contributed by atoms with E-state index in [9.17, 15) is 9.59 Å². The molecule has 0 spiro atoms. The molecular weight excluding hydrogens is 217 g/mol. The number of hydrogen-bond acceptors (Lipinski definition) is 2. The number of rotatable bonds is 4. The minimum Gasteiger partial charge on any atom is -0.465 e. The van der Waals surface area contributed by atoms with Crippen molar-refractivity contribution in [3.8, 4) is 0 Å². The molecule has 0 heterocycles. The minimum absolute atomic E-state index is 0.177. The lowest BCUT2D eigenvalue weighted by atomic mass is 10.0. The van der Waals surface area contributed by atoms with Gasteiger partial charge in [0.1, 0.15) is 0 Å². The zero-order valence-electron chi connectivity index (χ0n) is 7.25. The summed E-state index contributed by atoms with van der Waals surface area (Å²) in [7, 11) is 0. The Morgan fingerprint density at radius 1 is 1.31 bits per heavy atom. The number of hydrogen-bond donors (Lipinski definition) is 2. The summed E-state index contributed by atoms with van der Waals surface area (Å²) in [5, 5.41) is 10.5. The van der Waals surface area contributed by atoms with Crippen molar-refractivity contribution in [1.82, 2.24) is 5.32 Å². The predicted octanol–water partition coefficient (Wildman–Crippen LogP) is 1.65. The van der Waals surface area contributed by atoms with Gasteiger partial charge in [-0.15, -0.1) is 0 Å². The minimum atomic E-state index is -1.26. The fourth-order valence-electron chi connectivity index (χ4n) is 0.835. The summed E-state index contributed by atoms with van der Waals surface area (Å²) in [6.07, 6.45) is -1.26. The van der Waals surface area contributed by atoms with Gasteiger partial charge in [-0.25, -0.2) is 4.79 Å². The van der Waals surface area contributed by atoms with Crippen LogP contribution in [0.5, 0.6) is 0 Å². The number of carbonyl (C=O) groups is 2. The van der Waals surface area contributed by atoms with E-state index >= 15 is 0 Å². The van der Waals surface area contributed by atoms with Gasteiger partial charge in [-0.1, -0.05) is 37.0 Å². The lowest BCUT2D eigenvalue weighted by Gasteiger charge is -2.19. The third-order valence-electron chi connectivity index (χ3n) is 1.47. The molecule has 76 valence electrons. The van der Waals surface area contributed by atoms with Crippen molar-refractivity contribution in [2.75, 3.05) is 0 Å². The second-order valence-electron chi connectivity index (χ2n) is 2.87. The second kappa shape index (κ2) is 5.29. The van der Waals surface area contributed by atoms with Crippen molar-refractivity contribution in [2.24, 2.45) is 5.92 Å². The smallest absolute Gasteiger partial charge is 0.405 e. The van der Waals surface area contributed by atoms with Crippen molar-refractivity contribution in [3.05, 3.63) is 0 Å². The highest BCUT2D eigenvalue weighted by Gasteiger charge is 2.27. The predicted molar refractivity (Wildman–Crippen MR) is 50.3 cm³/mol. The van der Waals surface area contributed by atoms with Crippen LogP contribution < -0.4 is 5.32 Å². The monoisotopic (exact) mass is 227 g/mol. The Balaban J connectivity index is 4.42. The van der Waals surface area contributed by atoms with Crippen molar-refractivity contribution >= 4 is 35.1 Å². The summed E-state index contributed by atoms with van der Waals surface area (Å²) < 4.78 is 0. The summed E-state index contributed by atoms with van der Waals surface area (Å²) in [5.74, 6) is -0.704. The molecule has 0 aromatic heterocycles. The van der Waals surface area contributed by atoms with Crippen LogP contribution in [-0.2, 0) is 4.79 Å². The van der Waals surface area contributed by atoms with Gasteiger partial charge in [-0.05, 0) is 5.92 Å². The number of alkyl halides is 2. The maximum absolute atomic E-state index is 11.2. The van der Waals surface area contributed by atoms with Crippen LogP contribution in [0, 0.1) is 5.92 Å². The summed E-state index contributed by atoms with van der Waals surface area (Å²) in [4.78, 5) is 20.3. The molecule has 0 fully saturated rings. The SMILES string of the molecule is CC(C)[C@H](NC(=O)O)C(=O)C(Cl)Cl. The third kappa shape index (κ3) is 4.33. The molecule has 13 heavy (non-hydrogen) atoms. The van der Waals surface area contributed by atoms with Crippen LogP contribution in [0.15, 0.2) is 0 Å². The van der Waals surface area contributed by atoms with E-state index < -0.39 is 22.8 Å². The average molecular weight is 228 g/mol. The molecule has 6 heteroatoms. The van der Waals surface area contributed by atoms with E-state index in [1.54, 1.807) is 13.8 Å². The van der Waals surface area contributed by atoms with Crippen LogP contribution >= 0.6 is 23.2 Å². The van der Waals surface area contributed by atoms with Gasteiger partial charge in [-0.2, -0.15) is 0 Å². The van der Waals surface area contributed by atoms with Crippen molar-refractivity contribution in [2.45, 2.75) is 24.7 Å². The van der Waals surface area contributed by atoms with E-state index in [1.165, 1.54) is 0 Å². The number of carboxylic acid groups (broad SMARTS) is 1. The molecule has 1 atom stereocenters. The highest BCUT2D eigenvalue weighted by Crippen LogP contribution is 2.12. The third-order valence-corrected chi connectivity index (χ3v) is 1.90. The van der Waals surface area contributed by atoms with Gasteiger partial charge in [0, 0.05) is 0 Å². The Hall–Kier alpha value is -0.480. The number of amides is 1. The molecule has 0 aromatic rings. The number of carbonyl (C=O) groups excluding carboxylic acids is 1. The molecule has 0 aliphatic carbocycles. The topological polar surface area (TPSA) is 66.4 Å². The van der Waals surface area contributed by atoms with Gasteiger partial charge >= 0.3 is 6.09 Å². The Morgan fingerprint density at radius 3 is 2.00 bits per heavy atom. The fourth-order valence-corrected chi connectivity index (χ4v) is 1.11.